The van der Waals surface area contributed by atoms with Gasteiger partial charge in [-0.1, -0.05) is 43.9 Å². The fourth-order valence-corrected chi connectivity index (χ4v) is 3.83. The van der Waals surface area contributed by atoms with Crippen molar-refractivity contribution >= 4 is 46.4 Å². The SMILES string of the molecule is CCC(=O)Nc1cccc(NC(=O)CNc2ccc(Cl)c(C(=O)NC3CCCCC3)c2)c1. The van der Waals surface area contributed by atoms with Gasteiger partial charge in [0.25, 0.3) is 5.91 Å². The van der Waals surface area contributed by atoms with Crippen molar-refractivity contribution < 1.29 is 14.4 Å². The molecule has 1 fully saturated rings. The van der Waals surface area contributed by atoms with E-state index in [0.29, 0.717) is 34.1 Å². The first-order valence-electron chi connectivity index (χ1n) is 11.0. The number of rotatable bonds is 8. The summed E-state index contributed by atoms with van der Waals surface area (Å²) in [6, 6.07) is 12.2. The van der Waals surface area contributed by atoms with E-state index in [1.165, 1.54) is 6.42 Å². The minimum absolute atomic E-state index is 0.0108. The number of hydrogen-bond donors (Lipinski definition) is 4. The van der Waals surface area contributed by atoms with E-state index in [-0.39, 0.29) is 30.3 Å². The van der Waals surface area contributed by atoms with E-state index >= 15 is 0 Å². The molecule has 0 radical (unpaired) electrons. The van der Waals surface area contributed by atoms with Gasteiger partial charge in [0.1, 0.15) is 0 Å². The molecule has 0 spiro atoms. The summed E-state index contributed by atoms with van der Waals surface area (Å²) in [5.74, 6) is -0.547. The molecule has 0 aliphatic heterocycles. The zero-order valence-electron chi connectivity index (χ0n) is 18.2. The maximum Gasteiger partial charge on any atom is 0.253 e. The van der Waals surface area contributed by atoms with Crippen LogP contribution in [0.5, 0.6) is 0 Å². The molecule has 7 nitrogen and oxygen atoms in total. The average Bonchev–Trinajstić information content (AvgIpc) is 2.79. The Hall–Kier alpha value is -3.06. The fraction of sp³-hybridized carbons (Fsp3) is 0.375. The molecule has 2 aromatic carbocycles. The molecule has 0 saturated heterocycles. The molecule has 0 aromatic heterocycles. The maximum absolute atomic E-state index is 12.7. The minimum atomic E-state index is -0.257. The second-order valence-corrected chi connectivity index (χ2v) is 8.29. The standard InChI is InChI=1S/C24H29ClN4O3/c1-2-22(30)27-18-9-6-10-19(13-18)28-23(31)15-26-17-11-12-21(25)20(14-17)24(32)29-16-7-4-3-5-8-16/h6,9-14,16,26H,2-5,7-8,15H2,1H3,(H,27,30)(H,28,31)(H,29,32). The van der Waals surface area contributed by atoms with Crippen LogP contribution in [0.4, 0.5) is 17.1 Å². The molecule has 1 aliphatic carbocycles. The van der Waals surface area contributed by atoms with Crippen molar-refractivity contribution in [2.45, 2.75) is 51.5 Å². The first-order valence-corrected chi connectivity index (χ1v) is 11.4. The number of halogens is 1. The number of amides is 3. The van der Waals surface area contributed by atoms with E-state index in [1.54, 1.807) is 49.4 Å². The van der Waals surface area contributed by atoms with Crippen LogP contribution >= 0.6 is 11.6 Å². The van der Waals surface area contributed by atoms with E-state index in [4.69, 9.17) is 11.6 Å². The Morgan fingerprint density at radius 2 is 1.59 bits per heavy atom. The molecule has 3 rings (SSSR count). The predicted molar refractivity (Wildman–Crippen MR) is 128 cm³/mol. The Morgan fingerprint density at radius 1 is 0.906 bits per heavy atom. The third kappa shape index (κ3) is 6.99. The Labute approximate surface area is 193 Å². The molecule has 0 bridgehead atoms. The summed E-state index contributed by atoms with van der Waals surface area (Å²) in [5, 5.41) is 12.0. The molecule has 3 amide bonds. The molecule has 0 atom stereocenters. The highest BCUT2D eigenvalue weighted by Gasteiger charge is 2.18. The average molecular weight is 457 g/mol. The van der Waals surface area contributed by atoms with Crippen LogP contribution in [0.25, 0.3) is 0 Å². The van der Waals surface area contributed by atoms with Gasteiger partial charge in [-0.3, -0.25) is 14.4 Å². The first kappa shape index (κ1) is 23.6. The van der Waals surface area contributed by atoms with Gasteiger partial charge < -0.3 is 21.3 Å². The highest BCUT2D eigenvalue weighted by molar-refractivity contribution is 6.34. The van der Waals surface area contributed by atoms with E-state index in [2.05, 4.69) is 21.3 Å². The van der Waals surface area contributed by atoms with Gasteiger partial charge in [-0.2, -0.15) is 0 Å². The second-order valence-electron chi connectivity index (χ2n) is 7.89. The molecule has 2 aromatic rings. The molecule has 1 aliphatic rings. The lowest BCUT2D eigenvalue weighted by molar-refractivity contribution is -0.116. The second kappa shape index (κ2) is 11.5. The quantitative estimate of drug-likeness (QED) is 0.458. The number of anilines is 3. The number of nitrogens with one attached hydrogen (secondary N) is 4. The first-order chi connectivity index (χ1) is 15.4. The van der Waals surface area contributed by atoms with Crippen LogP contribution in [0.2, 0.25) is 5.02 Å². The predicted octanol–water partition coefficient (Wildman–Crippen LogP) is 4.80. The number of hydrogen-bond acceptors (Lipinski definition) is 4. The van der Waals surface area contributed by atoms with Gasteiger partial charge in [0, 0.05) is 29.5 Å². The zero-order valence-corrected chi connectivity index (χ0v) is 18.9. The topological polar surface area (TPSA) is 99.3 Å². The minimum Gasteiger partial charge on any atom is -0.376 e. The van der Waals surface area contributed by atoms with E-state index in [0.717, 1.165) is 25.7 Å². The largest absolute Gasteiger partial charge is 0.376 e. The third-order valence-corrected chi connectivity index (χ3v) is 5.69. The van der Waals surface area contributed by atoms with Crippen molar-refractivity contribution in [1.29, 1.82) is 0 Å². The Bertz CT molecular complexity index is 973. The van der Waals surface area contributed by atoms with Gasteiger partial charge in [0.05, 0.1) is 17.1 Å². The lowest BCUT2D eigenvalue weighted by atomic mass is 9.95. The Morgan fingerprint density at radius 3 is 2.28 bits per heavy atom. The smallest absolute Gasteiger partial charge is 0.253 e. The summed E-state index contributed by atoms with van der Waals surface area (Å²) in [5.41, 5.74) is 2.22. The van der Waals surface area contributed by atoms with E-state index in [9.17, 15) is 14.4 Å². The lowest BCUT2D eigenvalue weighted by Crippen LogP contribution is -2.36. The highest BCUT2D eigenvalue weighted by atomic mass is 35.5. The molecule has 170 valence electrons. The van der Waals surface area contributed by atoms with Gasteiger partial charge in [0.15, 0.2) is 0 Å². The van der Waals surface area contributed by atoms with Crippen molar-refractivity contribution in [1.82, 2.24) is 5.32 Å². The summed E-state index contributed by atoms with van der Waals surface area (Å²) < 4.78 is 0. The van der Waals surface area contributed by atoms with Crippen LogP contribution in [0, 0.1) is 0 Å². The van der Waals surface area contributed by atoms with Crippen LogP contribution in [0.1, 0.15) is 55.8 Å². The van der Waals surface area contributed by atoms with Gasteiger partial charge in [-0.25, -0.2) is 0 Å². The fourth-order valence-electron chi connectivity index (χ4n) is 3.63. The van der Waals surface area contributed by atoms with Gasteiger partial charge in [-0.15, -0.1) is 0 Å². The van der Waals surface area contributed by atoms with Crippen LogP contribution < -0.4 is 21.3 Å². The Kier molecular flexibility index (Phi) is 8.50. The highest BCUT2D eigenvalue weighted by Crippen LogP contribution is 2.23. The number of carbonyl (C=O) groups excluding carboxylic acids is 3. The molecule has 32 heavy (non-hydrogen) atoms. The monoisotopic (exact) mass is 456 g/mol. The van der Waals surface area contributed by atoms with E-state index < -0.39 is 0 Å². The molecular weight excluding hydrogens is 428 g/mol. The van der Waals surface area contributed by atoms with Crippen molar-refractivity contribution in [2.75, 3.05) is 22.5 Å². The van der Waals surface area contributed by atoms with Gasteiger partial charge >= 0.3 is 0 Å². The molecular formula is C24H29ClN4O3. The molecule has 0 heterocycles. The Balaban J connectivity index is 1.55. The van der Waals surface area contributed by atoms with Crippen LogP contribution in [0.3, 0.4) is 0 Å². The van der Waals surface area contributed by atoms with Crippen LogP contribution in [-0.2, 0) is 9.59 Å². The summed E-state index contributed by atoms with van der Waals surface area (Å²) in [6.07, 6.45) is 5.83. The zero-order chi connectivity index (χ0) is 22.9. The molecule has 1 saturated carbocycles. The lowest BCUT2D eigenvalue weighted by Gasteiger charge is -2.23. The summed E-state index contributed by atoms with van der Waals surface area (Å²) in [6.45, 7) is 1.78. The summed E-state index contributed by atoms with van der Waals surface area (Å²) in [4.78, 5) is 36.6. The molecule has 8 heteroatoms. The van der Waals surface area contributed by atoms with Crippen LogP contribution in [0.15, 0.2) is 42.5 Å². The number of benzene rings is 2. The maximum atomic E-state index is 12.7. The van der Waals surface area contributed by atoms with Crippen molar-refractivity contribution in [2.24, 2.45) is 0 Å². The normalized spacial score (nSPS) is 13.8. The molecule has 4 N–H and O–H groups in total. The number of carbonyl (C=O) groups is 3. The van der Waals surface area contributed by atoms with Crippen molar-refractivity contribution in [3.8, 4) is 0 Å². The van der Waals surface area contributed by atoms with Crippen molar-refractivity contribution in [3.63, 3.8) is 0 Å². The van der Waals surface area contributed by atoms with Crippen LogP contribution in [-0.4, -0.2) is 30.3 Å². The molecule has 0 unspecified atom stereocenters. The summed E-state index contributed by atoms with van der Waals surface area (Å²) in [7, 11) is 0. The third-order valence-electron chi connectivity index (χ3n) is 5.36. The van der Waals surface area contributed by atoms with Gasteiger partial charge in [0.2, 0.25) is 11.8 Å². The summed E-state index contributed by atoms with van der Waals surface area (Å²) >= 11 is 6.24. The van der Waals surface area contributed by atoms with Crippen molar-refractivity contribution in [3.05, 3.63) is 53.1 Å². The van der Waals surface area contributed by atoms with Gasteiger partial charge in [-0.05, 0) is 49.2 Å². The van der Waals surface area contributed by atoms with E-state index in [1.807, 2.05) is 0 Å².